The molecule has 5 nitrogen and oxygen atoms in total. The molecule has 112 valence electrons. The molecule has 3 rings (SSSR count). The van der Waals surface area contributed by atoms with Crippen LogP contribution in [0.15, 0.2) is 52.3 Å². The summed E-state index contributed by atoms with van der Waals surface area (Å²) in [6, 6.07) is 15.2. The molecule has 3 aromatic rings. The number of carbonyl (C=O) groups excluding carboxylic acids is 1. The van der Waals surface area contributed by atoms with Crippen LogP contribution < -0.4 is 5.32 Å². The largest absolute Gasteiger partial charge is 0.444 e. The van der Waals surface area contributed by atoms with Crippen molar-refractivity contribution in [1.82, 2.24) is 10.2 Å². The highest BCUT2D eigenvalue weighted by atomic mass is 79.9. The van der Waals surface area contributed by atoms with Gasteiger partial charge < -0.3 is 4.74 Å². The van der Waals surface area contributed by atoms with Crippen molar-refractivity contribution in [2.24, 2.45) is 0 Å². The first-order valence-electron chi connectivity index (χ1n) is 6.49. The number of ether oxygens (including phenoxy) is 1. The third kappa shape index (κ3) is 3.75. The van der Waals surface area contributed by atoms with E-state index in [0.29, 0.717) is 5.82 Å². The monoisotopic (exact) mass is 377 g/mol. The van der Waals surface area contributed by atoms with Gasteiger partial charge in [-0.1, -0.05) is 30.3 Å². The van der Waals surface area contributed by atoms with Crippen LogP contribution in [0.2, 0.25) is 0 Å². The number of amides is 1. The number of H-pyrrole nitrogens is 1. The van der Waals surface area contributed by atoms with Crippen LogP contribution in [0.1, 0.15) is 5.56 Å². The standard InChI is InChI=1S/C15H12BrN3O2S/c16-13-7-6-12(22-13)11-8-14(19-18-11)17-15(20)21-9-10-4-2-1-3-5-10/h1-8H,9H2,(H2,17,18,19,20). The summed E-state index contributed by atoms with van der Waals surface area (Å²) in [6.07, 6.45) is -0.533. The van der Waals surface area contributed by atoms with Gasteiger partial charge in [-0.3, -0.25) is 10.4 Å². The average Bonchev–Trinajstić information content (AvgIpc) is 3.15. The summed E-state index contributed by atoms with van der Waals surface area (Å²) in [5, 5.41) is 9.53. The van der Waals surface area contributed by atoms with E-state index in [9.17, 15) is 4.79 Å². The first-order chi connectivity index (χ1) is 10.7. The van der Waals surface area contributed by atoms with Gasteiger partial charge in [0.2, 0.25) is 0 Å². The van der Waals surface area contributed by atoms with Crippen molar-refractivity contribution in [2.45, 2.75) is 6.61 Å². The molecule has 0 radical (unpaired) electrons. The Morgan fingerprint density at radius 1 is 1.27 bits per heavy atom. The topological polar surface area (TPSA) is 67.0 Å². The number of halogens is 1. The minimum atomic E-state index is -0.533. The minimum Gasteiger partial charge on any atom is -0.444 e. The van der Waals surface area contributed by atoms with Gasteiger partial charge >= 0.3 is 6.09 Å². The molecule has 0 aliphatic rings. The van der Waals surface area contributed by atoms with Crippen molar-refractivity contribution >= 4 is 39.2 Å². The van der Waals surface area contributed by atoms with E-state index in [0.717, 1.165) is 19.9 Å². The maximum Gasteiger partial charge on any atom is 0.413 e. The predicted molar refractivity (Wildman–Crippen MR) is 89.9 cm³/mol. The van der Waals surface area contributed by atoms with Crippen LogP contribution in [0.4, 0.5) is 10.6 Å². The summed E-state index contributed by atoms with van der Waals surface area (Å²) < 4.78 is 6.18. The van der Waals surface area contributed by atoms with Gasteiger partial charge in [-0.2, -0.15) is 5.10 Å². The highest BCUT2D eigenvalue weighted by molar-refractivity contribution is 9.11. The van der Waals surface area contributed by atoms with Crippen molar-refractivity contribution in [1.29, 1.82) is 0 Å². The van der Waals surface area contributed by atoms with Gasteiger partial charge in [0.25, 0.3) is 0 Å². The minimum absolute atomic E-state index is 0.224. The molecular weight excluding hydrogens is 366 g/mol. The lowest BCUT2D eigenvalue weighted by Crippen LogP contribution is -2.13. The van der Waals surface area contributed by atoms with E-state index in [-0.39, 0.29) is 6.61 Å². The molecule has 0 aliphatic heterocycles. The molecule has 0 spiro atoms. The zero-order valence-corrected chi connectivity index (χ0v) is 13.8. The van der Waals surface area contributed by atoms with Crippen molar-refractivity contribution in [3.05, 3.63) is 57.9 Å². The first kappa shape index (κ1) is 14.8. The van der Waals surface area contributed by atoms with Gasteiger partial charge in [0, 0.05) is 6.07 Å². The first-order valence-corrected chi connectivity index (χ1v) is 8.10. The highest BCUT2D eigenvalue weighted by Crippen LogP contribution is 2.30. The Hall–Kier alpha value is -2.12. The fourth-order valence-corrected chi connectivity index (χ4v) is 3.19. The molecule has 0 saturated carbocycles. The predicted octanol–water partition coefficient (Wildman–Crippen LogP) is 4.65. The van der Waals surface area contributed by atoms with Gasteiger partial charge in [-0.15, -0.1) is 11.3 Å². The van der Waals surface area contributed by atoms with Gasteiger partial charge in [0.05, 0.1) is 14.4 Å². The molecule has 22 heavy (non-hydrogen) atoms. The van der Waals surface area contributed by atoms with Crippen molar-refractivity contribution in [3.63, 3.8) is 0 Å². The van der Waals surface area contributed by atoms with Crippen molar-refractivity contribution < 1.29 is 9.53 Å². The summed E-state index contributed by atoms with van der Waals surface area (Å²) in [5.74, 6) is 0.428. The van der Waals surface area contributed by atoms with E-state index >= 15 is 0 Å². The third-order valence-electron chi connectivity index (χ3n) is 2.86. The number of benzene rings is 1. The molecule has 0 fully saturated rings. The van der Waals surface area contributed by atoms with E-state index in [1.165, 1.54) is 0 Å². The number of hydrogen-bond acceptors (Lipinski definition) is 4. The van der Waals surface area contributed by atoms with Crippen LogP contribution in [0.5, 0.6) is 0 Å². The maximum atomic E-state index is 11.7. The van der Waals surface area contributed by atoms with Crippen LogP contribution in [-0.4, -0.2) is 16.3 Å². The summed E-state index contributed by atoms with van der Waals surface area (Å²) in [6.45, 7) is 0.224. The van der Waals surface area contributed by atoms with Gasteiger partial charge in [-0.05, 0) is 33.6 Å². The highest BCUT2D eigenvalue weighted by Gasteiger charge is 2.09. The zero-order valence-electron chi connectivity index (χ0n) is 11.4. The lowest BCUT2D eigenvalue weighted by Gasteiger charge is -2.04. The maximum absolute atomic E-state index is 11.7. The normalized spacial score (nSPS) is 10.4. The lowest BCUT2D eigenvalue weighted by atomic mass is 10.2. The van der Waals surface area contributed by atoms with E-state index in [2.05, 4.69) is 31.4 Å². The molecule has 0 aliphatic carbocycles. The number of nitrogens with one attached hydrogen (secondary N) is 2. The molecule has 0 unspecified atom stereocenters. The van der Waals surface area contributed by atoms with Crippen molar-refractivity contribution in [3.8, 4) is 10.6 Å². The summed E-state index contributed by atoms with van der Waals surface area (Å²) in [7, 11) is 0. The molecular formula is C15H12BrN3O2S. The Labute approximate surface area is 139 Å². The molecule has 0 atom stereocenters. The summed E-state index contributed by atoms with van der Waals surface area (Å²) in [4.78, 5) is 12.8. The van der Waals surface area contributed by atoms with Crippen molar-refractivity contribution in [2.75, 3.05) is 5.32 Å². The van der Waals surface area contributed by atoms with Crippen LogP contribution in [-0.2, 0) is 11.3 Å². The quantitative estimate of drug-likeness (QED) is 0.695. The number of carbonyl (C=O) groups is 1. The molecule has 1 aromatic carbocycles. The molecule has 2 aromatic heterocycles. The number of rotatable bonds is 4. The second kappa shape index (κ2) is 6.76. The fraction of sp³-hybridized carbons (Fsp3) is 0.0667. The number of aromatic amines is 1. The number of anilines is 1. The molecule has 0 bridgehead atoms. The number of aromatic nitrogens is 2. The number of hydrogen-bond donors (Lipinski definition) is 2. The number of thiophene rings is 1. The van der Waals surface area contributed by atoms with Crippen LogP contribution >= 0.6 is 27.3 Å². The summed E-state index contributed by atoms with van der Waals surface area (Å²) >= 11 is 5.00. The van der Waals surface area contributed by atoms with Crippen LogP contribution in [0, 0.1) is 0 Å². The van der Waals surface area contributed by atoms with Gasteiger partial charge in [0.15, 0.2) is 5.82 Å². The van der Waals surface area contributed by atoms with E-state index in [1.807, 2.05) is 42.5 Å². The molecule has 2 N–H and O–H groups in total. The Morgan fingerprint density at radius 2 is 2.09 bits per heavy atom. The second-order valence-corrected chi connectivity index (χ2v) is 6.92. The Balaban J connectivity index is 1.57. The molecule has 2 heterocycles. The molecule has 1 amide bonds. The van der Waals surface area contributed by atoms with Gasteiger partial charge in [0.1, 0.15) is 6.61 Å². The van der Waals surface area contributed by atoms with E-state index in [4.69, 9.17) is 4.74 Å². The molecule has 7 heteroatoms. The average molecular weight is 378 g/mol. The zero-order chi connectivity index (χ0) is 15.4. The SMILES string of the molecule is O=C(Nc1cc(-c2ccc(Br)s2)[nH]n1)OCc1ccccc1. The van der Waals surface area contributed by atoms with E-state index in [1.54, 1.807) is 17.4 Å². The summed E-state index contributed by atoms with van der Waals surface area (Å²) in [5.41, 5.74) is 1.78. The van der Waals surface area contributed by atoms with Gasteiger partial charge in [-0.25, -0.2) is 4.79 Å². The Morgan fingerprint density at radius 3 is 2.82 bits per heavy atom. The van der Waals surface area contributed by atoms with E-state index < -0.39 is 6.09 Å². The second-order valence-electron chi connectivity index (χ2n) is 4.46. The smallest absolute Gasteiger partial charge is 0.413 e. The fourth-order valence-electron chi connectivity index (χ4n) is 1.83. The third-order valence-corrected chi connectivity index (χ3v) is 4.52. The van der Waals surface area contributed by atoms with Crippen LogP contribution in [0.25, 0.3) is 10.6 Å². The Kier molecular flexibility index (Phi) is 4.55. The lowest BCUT2D eigenvalue weighted by molar-refractivity contribution is 0.155. The molecule has 0 saturated heterocycles. The van der Waals surface area contributed by atoms with Crippen LogP contribution in [0.3, 0.4) is 0 Å². The Bertz CT molecular complexity index is 770. The number of nitrogens with zero attached hydrogens (tertiary/aromatic N) is 1.